The monoisotopic (exact) mass is 408 g/mol. The Bertz CT molecular complexity index is 665. The number of hydrogen-bond acceptors (Lipinski definition) is 1. The summed E-state index contributed by atoms with van der Waals surface area (Å²) in [6.45, 7) is 0. The second-order valence-corrected chi connectivity index (χ2v) is 4.75. The molecule has 0 heterocycles. The van der Waals surface area contributed by atoms with Gasteiger partial charge in [0.1, 0.15) is 5.75 Å². The maximum absolute atomic E-state index is 13.3. The van der Waals surface area contributed by atoms with Crippen molar-refractivity contribution in [3.63, 3.8) is 0 Å². The first kappa shape index (κ1) is 21.3. The minimum atomic E-state index is -7.37. The molecule has 0 amide bonds. The van der Waals surface area contributed by atoms with E-state index in [4.69, 9.17) is 11.6 Å². The summed E-state index contributed by atoms with van der Waals surface area (Å²) in [6, 6.07) is 0.801. The normalized spacial score (nSPS) is 15.0. The largest absolute Gasteiger partial charge is 0.460 e. The SMILES string of the molecule is FC(Oc1ccccc1Cl)=C(F)C(F)(F)C(F)(F)C(F)(F)C(F)(F)F. The van der Waals surface area contributed by atoms with Gasteiger partial charge >= 0.3 is 30.0 Å². The molecule has 0 saturated carbocycles. The van der Waals surface area contributed by atoms with E-state index in [1.165, 1.54) is 6.07 Å². The predicted octanol–water partition coefficient (Wildman–Crippen LogP) is 6.30. The molecule has 0 radical (unpaired) electrons. The summed E-state index contributed by atoms with van der Waals surface area (Å²) in [4.78, 5) is 0. The number of benzene rings is 1. The summed E-state index contributed by atoms with van der Waals surface area (Å²) < 4.78 is 143. The predicted molar refractivity (Wildman–Crippen MR) is 62.2 cm³/mol. The van der Waals surface area contributed by atoms with Crippen LogP contribution in [0.3, 0.4) is 0 Å². The first-order valence-corrected chi connectivity index (χ1v) is 6.13. The van der Waals surface area contributed by atoms with Crippen molar-refractivity contribution in [3.05, 3.63) is 41.1 Å². The lowest BCUT2D eigenvalue weighted by Crippen LogP contribution is -2.61. The molecule has 0 spiro atoms. The lowest BCUT2D eigenvalue weighted by atomic mass is 10.0. The molecular formula is C12H4ClF11O. The van der Waals surface area contributed by atoms with Gasteiger partial charge in [-0.25, -0.2) is 0 Å². The van der Waals surface area contributed by atoms with Crippen LogP contribution in [0.25, 0.3) is 0 Å². The molecule has 0 fully saturated rings. The highest BCUT2D eigenvalue weighted by molar-refractivity contribution is 6.32. The third-order valence-electron chi connectivity index (χ3n) is 2.63. The zero-order valence-corrected chi connectivity index (χ0v) is 12.0. The van der Waals surface area contributed by atoms with Gasteiger partial charge < -0.3 is 4.74 Å². The van der Waals surface area contributed by atoms with E-state index in [-0.39, 0.29) is 0 Å². The highest BCUT2D eigenvalue weighted by Gasteiger charge is 2.83. The Morgan fingerprint density at radius 3 is 1.72 bits per heavy atom. The molecule has 1 rings (SSSR count). The molecule has 0 bridgehead atoms. The van der Waals surface area contributed by atoms with E-state index >= 15 is 0 Å². The molecule has 0 aliphatic carbocycles. The summed E-state index contributed by atoms with van der Waals surface area (Å²) in [6.07, 6.45) is -7.17. The van der Waals surface area contributed by atoms with Gasteiger partial charge in [0.05, 0.1) is 5.02 Å². The van der Waals surface area contributed by atoms with Gasteiger partial charge in [0.2, 0.25) is 5.83 Å². The van der Waals surface area contributed by atoms with Crippen LogP contribution in [0.5, 0.6) is 5.75 Å². The van der Waals surface area contributed by atoms with E-state index in [9.17, 15) is 48.3 Å². The number of alkyl halides is 9. The first-order chi connectivity index (χ1) is 11.1. The fourth-order valence-electron chi connectivity index (χ4n) is 1.31. The lowest BCUT2D eigenvalue weighted by molar-refractivity contribution is -0.392. The van der Waals surface area contributed by atoms with E-state index in [2.05, 4.69) is 4.74 Å². The molecule has 0 N–H and O–H groups in total. The van der Waals surface area contributed by atoms with Gasteiger partial charge in [-0.1, -0.05) is 23.7 Å². The minimum absolute atomic E-state index is 0.527. The summed E-state index contributed by atoms with van der Waals surface area (Å²) in [7, 11) is 0. The van der Waals surface area contributed by atoms with E-state index < -0.39 is 46.6 Å². The van der Waals surface area contributed by atoms with Gasteiger partial charge in [-0.15, -0.1) is 0 Å². The van der Waals surface area contributed by atoms with Crippen molar-refractivity contribution in [2.45, 2.75) is 23.9 Å². The fraction of sp³-hybridized carbons (Fsp3) is 0.333. The molecule has 13 heteroatoms. The van der Waals surface area contributed by atoms with E-state index in [1.54, 1.807) is 0 Å². The number of halogens is 12. The third-order valence-corrected chi connectivity index (χ3v) is 2.94. The van der Waals surface area contributed by atoms with Crippen LogP contribution in [0.4, 0.5) is 48.3 Å². The van der Waals surface area contributed by atoms with Crippen molar-refractivity contribution in [2.75, 3.05) is 0 Å². The Morgan fingerprint density at radius 2 is 1.28 bits per heavy atom. The van der Waals surface area contributed by atoms with Gasteiger partial charge in [0, 0.05) is 0 Å². The van der Waals surface area contributed by atoms with Crippen LogP contribution in [0, 0.1) is 0 Å². The van der Waals surface area contributed by atoms with Gasteiger partial charge in [-0.05, 0) is 12.1 Å². The summed E-state index contributed by atoms with van der Waals surface area (Å²) in [5.74, 6) is -26.5. The molecule has 0 aliphatic heterocycles. The highest BCUT2D eigenvalue weighted by atomic mass is 35.5. The van der Waals surface area contributed by atoms with Gasteiger partial charge in [0.25, 0.3) is 0 Å². The number of rotatable bonds is 5. The second kappa shape index (κ2) is 6.54. The van der Waals surface area contributed by atoms with Crippen molar-refractivity contribution in [1.82, 2.24) is 0 Å². The maximum Gasteiger partial charge on any atom is 0.460 e. The van der Waals surface area contributed by atoms with E-state index in [0.717, 1.165) is 18.2 Å². The van der Waals surface area contributed by atoms with Crippen LogP contribution in [-0.4, -0.2) is 23.9 Å². The standard InChI is InChI=1S/C12H4ClF11O/c13-5-3-1-2-4-6(5)25-8(15)7(14)9(16,17)10(18,19)11(20,21)12(22,23)24/h1-4H. The average molecular weight is 409 g/mol. The van der Waals surface area contributed by atoms with Crippen molar-refractivity contribution in [2.24, 2.45) is 0 Å². The number of ether oxygens (including phenoxy) is 1. The molecular weight excluding hydrogens is 405 g/mol. The molecule has 142 valence electrons. The van der Waals surface area contributed by atoms with Gasteiger partial charge in [0.15, 0.2) is 0 Å². The van der Waals surface area contributed by atoms with Crippen LogP contribution in [0.15, 0.2) is 36.1 Å². The minimum Gasteiger partial charge on any atom is -0.428 e. The number of hydrogen-bond donors (Lipinski definition) is 0. The zero-order valence-electron chi connectivity index (χ0n) is 11.3. The topological polar surface area (TPSA) is 9.23 Å². The highest BCUT2D eigenvalue weighted by Crippen LogP contribution is 2.55. The van der Waals surface area contributed by atoms with E-state index in [0.29, 0.717) is 0 Å². The van der Waals surface area contributed by atoms with Crippen LogP contribution in [0.2, 0.25) is 5.02 Å². The number of allylic oxidation sites excluding steroid dienone is 1. The Balaban J connectivity index is 3.33. The maximum atomic E-state index is 13.3. The molecule has 1 aromatic rings. The smallest absolute Gasteiger partial charge is 0.428 e. The Morgan fingerprint density at radius 1 is 0.800 bits per heavy atom. The Kier molecular flexibility index (Phi) is 5.58. The molecule has 0 unspecified atom stereocenters. The molecule has 0 aliphatic rings. The van der Waals surface area contributed by atoms with Gasteiger partial charge in [-0.2, -0.15) is 48.3 Å². The first-order valence-electron chi connectivity index (χ1n) is 5.75. The van der Waals surface area contributed by atoms with Crippen molar-refractivity contribution < 1.29 is 53.0 Å². The van der Waals surface area contributed by atoms with Crippen LogP contribution >= 0.6 is 11.6 Å². The fourth-order valence-corrected chi connectivity index (χ4v) is 1.48. The molecule has 1 aromatic carbocycles. The lowest BCUT2D eigenvalue weighted by Gasteiger charge is -2.32. The quantitative estimate of drug-likeness (QED) is 0.411. The Hall–Kier alpha value is -1.72. The molecule has 0 saturated heterocycles. The molecule has 0 atom stereocenters. The van der Waals surface area contributed by atoms with Crippen molar-refractivity contribution in [3.8, 4) is 5.75 Å². The second-order valence-electron chi connectivity index (χ2n) is 4.34. The molecule has 25 heavy (non-hydrogen) atoms. The third kappa shape index (κ3) is 3.62. The molecule has 1 nitrogen and oxygen atoms in total. The van der Waals surface area contributed by atoms with Crippen LogP contribution in [0.1, 0.15) is 0 Å². The molecule has 0 aromatic heterocycles. The average Bonchev–Trinajstić information content (AvgIpc) is 2.47. The zero-order chi connectivity index (χ0) is 19.8. The van der Waals surface area contributed by atoms with Crippen LogP contribution < -0.4 is 4.74 Å². The van der Waals surface area contributed by atoms with Crippen molar-refractivity contribution >= 4 is 11.6 Å². The summed E-state index contributed by atoms with van der Waals surface area (Å²) >= 11 is 5.37. The summed E-state index contributed by atoms with van der Waals surface area (Å²) in [5.41, 5.74) is 0. The van der Waals surface area contributed by atoms with Crippen molar-refractivity contribution in [1.29, 1.82) is 0 Å². The Labute approximate surface area is 136 Å². The summed E-state index contributed by atoms with van der Waals surface area (Å²) in [5, 5.41) is -0.527. The van der Waals surface area contributed by atoms with Crippen LogP contribution in [-0.2, 0) is 0 Å². The van der Waals surface area contributed by atoms with Gasteiger partial charge in [-0.3, -0.25) is 0 Å². The number of para-hydroxylation sites is 1. The van der Waals surface area contributed by atoms with E-state index in [1.807, 2.05) is 0 Å².